The third-order valence-electron chi connectivity index (χ3n) is 3.16. The van der Waals surface area contributed by atoms with Crippen LogP contribution in [0.15, 0.2) is 42.5 Å². The van der Waals surface area contributed by atoms with Gasteiger partial charge in [-0.05, 0) is 37.1 Å². The highest BCUT2D eigenvalue weighted by Gasteiger charge is 2.31. The molecule has 2 aromatic carbocycles. The van der Waals surface area contributed by atoms with Crippen LogP contribution in [0.2, 0.25) is 0 Å². The topological polar surface area (TPSA) is 0 Å². The van der Waals surface area contributed by atoms with Crippen molar-refractivity contribution < 1.29 is 17.6 Å². The molecule has 2 aromatic rings. The van der Waals surface area contributed by atoms with Gasteiger partial charge in [0, 0.05) is 5.56 Å². The van der Waals surface area contributed by atoms with Crippen molar-refractivity contribution in [3.05, 3.63) is 70.5 Å². The zero-order valence-corrected chi connectivity index (χ0v) is 12.0. The van der Waals surface area contributed by atoms with E-state index in [2.05, 4.69) is 0 Å². The first-order chi connectivity index (χ1) is 9.77. The van der Waals surface area contributed by atoms with E-state index in [1.807, 2.05) is 31.2 Å². The lowest BCUT2D eigenvalue weighted by Gasteiger charge is -2.14. The summed E-state index contributed by atoms with van der Waals surface area (Å²) >= 11 is 6.11. The smallest absolute Gasteiger partial charge is 0.207 e. The molecule has 1 unspecified atom stereocenters. The molecule has 0 aromatic heterocycles. The molecule has 0 spiro atoms. The Morgan fingerprint density at radius 1 is 1.10 bits per heavy atom. The Hall–Kier alpha value is -1.55. The van der Waals surface area contributed by atoms with E-state index < -0.39 is 22.9 Å². The molecular formula is C16H13ClF4. The Balaban J connectivity index is 2.28. The maximum atomic E-state index is 13.7. The Kier molecular flexibility index (Phi) is 4.57. The number of hydrogen-bond acceptors (Lipinski definition) is 0. The fraction of sp³-hybridized carbons (Fsp3) is 0.250. The molecule has 0 saturated carbocycles. The van der Waals surface area contributed by atoms with Gasteiger partial charge in [-0.25, -0.2) is 4.39 Å². The van der Waals surface area contributed by atoms with E-state index in [4.69, 9.17) is 11.6 Å². The number of benzene rings is 2. The summed E-state index contributed by atoms with van der Waals surface area (Å²) in [5, 5.41) is -0.853. The fourth-order valence-electron chi connectivity index (χ4n) is 2.12. The van der Waals surface area contributed by atoms with Gasteiger partial charge in [-0.3, -0.25) is 0 Å². The number of rotatable bonds is 3. The highest BCUT2D eigenvalue weighted by atomic mass is 35.5. The van der Waals surface area contributed by atoms with Gasteiger partial charge in [-0.2, -0.15) is 13.2 Å². The molecule has 0 amide bonds. The third kappa shape index (κ3) is 3.97. The first kappa shape index (κ1) is 15.8. The Morgan fingerprint density at radius 2 is 1.81 bits per heavy atom. The van der Waals surface area contributed by atoms with Crippen LogP contribution in [0.5, 0.6) is 0 Å². The van der Waals surface area contributed by atoms with Crippen LogP contribution >= 0.6 is 11.6 Å². The number of alkyl halides is 4. The molecule has 5 heteroatoms. The first-order valence-corrected chi connectivity index (χ1v) is 6.77. The number of halogens is 5. The van der Waals surface area contributed by atoms with Crippen LogP contribution < -0.4 is 0 Å². The van der Waals surface area contributed by atoms with E-state index >= 15 is 0 Å². The number of hydrogen-bond donors (Lipinski definition) is 0. The molecule has 1 atom stereocenters. The summed E-state index contributed by atoms with van der Waals surface area (Å²) in [5.74, 6) is -0.726. The Bertz CT molecular complexity index is 634. The summed E-state index contributed by atoms with van der Waals surface area (Å²) in [6.07, 6.45) is -4.25. The molecule has 0 saturated heterocycles. The van der Waals surface area contributed by atoms with Gasteiger partial charge >= 0.3 is 6.18 Å². The molecule has 0 fully saturated rings. The predicted molar refractivity (Wildman–Crippen MR) is 74.9 cm³/mol. The fourth-order valence-corrected chi connectivity index (χ4v) is 2.46. The van der Waals surface area contributed by atoms with Gasteiger partial charge in [-0.15, -0.1) is 11.6 Å². The van der Waals surface area contributed by atoms with Crippen molar-refractivity contribution in [2.75, 3.05) is 0 Å². The second-order valence-corrected chi connectivity index (χ2v) is 5.42. The Morgan fingerprint density at radius 3 is 2.43 bits per heavy atom. The second-order valence-electron chi connectivity index (χ2n) is 4.89. The van der Waals surface area contributed by atoms with Gasteiger partial charge in [-0.1, -0.05) is 29.8 Å². The van der Waals surface area contributed by atoms with Crippen molar-refractivity contribution in [3.8, 4) is 0 Å². The number of aryl methyl sites for hydroxylation is 1. The average molecular weight is 317 g/mol. The van der Waals surface area contributed by atoms with Gasteiger partial charge in [0.15, 0.2) is 0 Å². The third-order valence-corrected chi connectivity index (χ3v) is 3.55. The molecule has 0 nitrogen and oxygen atoms in total. The van der Waals surface area contributed by atoms with E-state index in [-0.39, 0.29) is 12.0 Å². The molecule has 112 valence electrons. The highest BCUT2D eigenvalue weighted by Crippen LogP contribution is 2.34. The van der Waals surface area contributed by atoms with Crippen LogP contribution in [0.1, 0.15) is 27.6 Å². The summed E-state index contributed by atoms with van der Waals surface area (Å²) in [4.78, 5) is 0. The first-order valence-electron chi connectivity index (χ1n) is 6.33. The molecule has 0 aliphatic heterocycles. The lowest BCUT2D eigenvalue weighted by molar-refractivity contribution is -0.137. The summed E-state index contributed by atoms with van der Waals surface area (Å²) in [5.41, 5.74) is 0.842. The van der Waals surface area contributed by atoms with Crippen molar-refractivity contribution in [2.24, 2.45) is 0 Å². The summed E-state index contributed by atoms with van der Waals surface area (Å²) in [6, 6.07) is 9.73. The van der Waals surface area contributed by atoms with Crippen LogP contribution in [0.3, 0.4) is 0 Å². The van der Waals surface area contributed by atoms with Crippen molar-refractivity contribution in [1.29, 1.82) is 0 Å². The van der Waals surface area contributed by atoms with E-state index in [9.17, 15) is 17.6 Å². The Labute approximate surface area is 125 Å². The molecule has 2 rings (SSSR count). The molecule has 0 aliphatic carbocycles. The van der Waals surface area contributed by atoms with Crippen LogP contribution in [-0.2, 0) is 12.6 Å². The summed E-state index contributed by atoms with van der Waals surface area (Å²) < 4.78 is 51.8. The van der Waals surface area contributed by atoms with Crippen LogP contribution in [-0.4, -0.2) is 0 Å². The molecule has 0 radical (unpaired) electrons. The van der Waals surface area contributed by atoms with E-state index in [1.165, 1.54) is 0 Å². The van der Waals surface area contributed by atoms with Gasteiger partial charge in [0.2, 0.25) is 0 Å². The van der Waals surface area contributed by atoms with Crippen LogP contribution in [0.25, 0.3) is 0 Å². The summed E-state index contributed by atoms with van der Waals surface area (Å²) in [6.45, 7) is 1.90. The minimum absolute atomic E-state index is 0.131. The van der Waals surface area contributed by atoms with Gasteiger partial charge in [0.1, 0.15) is 5.82 Å². The van der Waals surface area contributed by atoms with Gasteiger partial charge in [0.05, 0.1) is 10.9 Å². The van der Waals surface area contributed by atoms with Crippen molar-refractivity contribution in [1.82, 2.24) is 0 Å². The van der Waals surface area contributed by atoms with Crippen molar-refractivity contribution in [2.45, 2.75) is 24.9 Å². The van der Waals surface area contributed by atoms with Crippen molar-refractivity contribution >= 4 is 11.6 Å². The predicted octanol–water partition coefficient (Wildman–Crippen LogP) is 5.68. The zero-order valence-electron chi connectivity index (χ0n) is 11.2. The molecule has 0 bridgehead atoms. The van der Waals surface area contributed by atoms with E-state index in [0.717, 1.165) is 29.3 Å². The normalized spacial score (nSPS) is 13.2. The van der Waals surface area contributed by atoms with E-state index in [0.29, 0.717) is 0 Å². The lowest BCUT2D eigenvalue weighted by Crippen LogP contribution is -2.08. The SMILES string of the molecule is Cc1cccc(CC(Cl)c2cc(C(F)(F)F)ccc2F)c1. The molecular weight excluding hydrogens is 304 g/mol. The van der Waals surface area contributed by atoms with Crippen LogP contribution in [0, 0.1) is 12.7 Å². The standard InChI is InChI=1S/C16H13ClF4/c1-10-3-2-4-11(7-10)8-14(17)13-9-12(16(19,20)21)5-6-15(13)18/h2-7,9,14H,8H2,1H3. The van der Waals surface area contributed by atoms with Gasteiger partial charge < -0.3 is 0 Å². The lowest BCUT2D eigenvalue weighted by atomic mass is 10.0. The zero-order chi connectivity index (χ0) is 15.6. The quantitative estimate of drug-likeness (QED) is 0.505. The maximum Gasteiger partial charge on any atom is 0.416 e. The van der Waals surface area contributed by atoms with Crippen LogP contribution in [0.4, 0.5) is 17.6 Å². The molecule has 21 heavy (non-hydrogen) atoms. The van der Waals surface area contributed by atoms with Crippen molar-refractivity contribution in [3.63, 3.8) is 0 Å². The monoisotopic (exact) mass is 316 g/mol. The minimum atomic E-state index is -4.51. The molecule has 0 heterocycles. The highest BCUT2D eigenvalue weighted by molar-refractivity contribution is 6.21. The second kappa shape index (κ2) is 6.06. The largest absolute Gasteiger partial charge is 0.416 e. The average Bonchev–Trinajstić information content (AvgIpc) is 2.37. The maximum absolute atomic E-state index is 13.7. The minimum Gasteiger partial charge on any atom is -0.207 e. The molecule has 0 N–H and O–H groups in total. The van der Waals surface area contributed by atoms with E-state index in [1.54, 1.807) is 0 Å². The molecule has 0 aliphatic rings. The van der Waals surface area contributed by atoms with Gasteiger partial charge in [0.25, 0.3) is 0 Å². The summed E-state index contributed by atoms with van der Waals surface area (Å²) in [7, 11) is 0.